The molecule has 1 aromatic carbocycles. The van der Waals surface area contributed by atoms with Gasteiger partial charge in [-0.2, -0.15) is 5.10 Å². The van der Waals surface area contributed by atoms with Crippen LogP contribution in [0.4, 0.5) is 18.9 Å². The quantitative estimate of drug-likeness (QED) is 0.755. The number of amides is 1. The Bertz CT molecular complexity index is 916. The summed E-state index contributed by atoms with van der Waals surface area (Å²) in [6, 6.07) is 3.48. The molecule has 2 aromatic rings. The fourth-order valence-electron chi connectivity index (χ4n) is 3.34. The first-order valence-electron chi connectivity index (χ1n) is 9.20. The summed E-state index contributed by atoms with van der Waals surface area (Å²) in [4.78, 5) is 12.8. The van der Waals surface area contributed by atoms with Crippen LogP contribution in [0.2, 0.25) is 0 Å². The van der Waals surface area contributed by atoms with Crippen LogP contribution in [0.1, 0.15) is 52.8 Å². The SMILES string of the molecule is C=Cc1cc(OC(F)(F)F)ccc1C(=O)Nc1c(C)nn(C2CCCCO2)c1C. The molecule has 1 aliphatic rings. The Morgan fingerprint density at radius 1 is 1.38 bits per heavy atom. The molecule has 0 saturated carbocycles. The smallest absolute Gasteiger partial charge is 0.406 e. The van der Waals surface area contributed by atoms with Crippen LogP contribution < -0.4 is 10.1 Å². The number of rotatable bonds is 5. The van der Waals surface area contributed by atoms with E-state index in [0.29, 0.717) is 18.0 Å². The molecule has 0 spiro atoms. The van der Waals surface area contributed by atoms with Crippen LogP contribution in [0.15, 0.2) is 24.8 Å². The Kier molecular flexibility index (Phi) is 5.97. The van der Waals surface area contributed by atoms with Crippen molar-refractivity contribution in [3.8, 4) is 5.75 Å². The highest BCUT2D eigenvalue weighted by Gasteiger charge is 2.31. The fraction of sp³-hybridized carbons (Fsp3) is 0.400. The molecule has 1 N–H and O–H groups in total. The van der Waals surface area contributed by atoms with Crippen molar-refractivity contribution in [3.05, 3.63) is 47.3 Å². The zero-order valence-electron chi connectivity index (χ0n) is 16.2. The van der Waals surface area contributed by atoms with Gasteiger partial charge in [0.2, 0.25) is 0 Å². The lowest BCUT2D eigenvalue weighted by molar-refractivity contribution is -0.274. The summed E-state index contributed by atoms with van der Waals surface area (Å²) in [5.41, 5.74) is 2.33. The Morgan fingerprint density at radius 2 is 2.14 bits per heavy atom. The van der Waals surface area contributed by atoms with E-state index in [2.05, 4.69) is 21.7 Å². The maximum atomic E-state index is 12.8. The third kappa shape index (κ3) is 4.79. The number of hydrogen-bond acceptors (Lipinski definition) is 4. The van der Waals surface area contributed by atoms with Crippen LogP contribution >= 0.6 is 0 Å². The number of alkyl halides is 3. The van der Waals surface area contributed by atoms with Gasteiger partial charge in [-0.15, -0.1) is 13.2 Å². The van der Waals surface area contributed by atoms with E-state index in [0.717, 1.165) is 37.1 Å². The molecule has 2 heterocycles. The summed E-state index contributed by atoms with van der Waals surface area (Å²) < 4.78 is 48.7. The molecular weight excluding hydrogens is 387 g/mol. The van der Waals surface area contributed by atoms with Gasteiger partial charge < -0.3 is 14.8 Å². The zero-order chi connectivity index (χ0) is 21.2. The minimum absolute atomic E-state index is 0.171. The second-order valence-electron chi connectivity index (χ2n) is 6.77. The lowest BCUT2D eigenvalue weighted by Crippen LogP contribution is -2.20. The summed E-state index contributed by atoms with van der Waals surface area (Å²) >= 11 is 0. The van der Waals surface area contributed by atoms with Gasteiger partial charge in [-0.25, -0.2) is 4.68 Å². The Hall–Kier alpha value is -2.81. The van der Waals surface area contributed by atoms with E-state index in [1.165, 1.54) is 12.1 Å². The number of carbonyl (C=O) groups is 1. The van der Waals surface area contributed by atoms with Gasteiger partial charge in [0.15, 0.2) is 6.23 Å². The van der Waals surface area contributed by atoms with Crippen molar-refractivity contribution in [2.24, 2.45) is 0 Å². The maximum Gasteiger partial charge on any atom is 0.573 e. The van der Waals surface area contributed by atoms with Gasteiger partial charge in [-0.1, -0.05) is 12.7 Å². The Labute approximate surface area is 166 Å². The van der Waals surface area contributed by atoms with Gasteiger partial charge in [-0.05, 0) is 56.9 Å². The topological polar surface area (TPSA) is 65.4 Å². The van der Waals surface area contributed by atoms with E-state index in [1.807, 2.05) is 6.92 Å². The molecule has 0 bridgehead atoms. The molecule has 1 unspecified atom stereocenters. The standard InChI is InChI=1S/C20H22F3N3O3/c1-4-14-11-15(29-20(21,22)23)8-9-16(14)19(27)24-18-12(2)25-26(13(18)3)17-7-5-6-10-28-17/h4,8-9,11,17H,1,5-7,10H2,2-3H3,(H,24,27). The minimum Gasteiger partial charge on any atom is -0.406 e. The molecule has 1 fully saturated rings. The highest BCUT2D eigenvalue weighted by Crippen LogP contribution is 2.30. The molecule has 1 atom stereocenters. The molecule has 1 aliphatic heterocycles. The van der Waals surface area contributed by atoms with Crippen LogP contribution in [-0.4, -0.2) is 28.7 Å². The summed E-state index contributed by atoms with van der Waals surface area (Å²) in [5.74, 6) is -0.896. The van der Waals surface area contributed by atoms with Gasteiger partial charge in [0, 0.05) is 12.2 Å². The highest BCUT2D eigenvalue weighted by molar-refractivity contribution is 6.07. The minimum atomic E-state index is -4.81. The molecule has 29 heavy (non-hydrogen) atoms. The number of hydrogen-bond donors (Lipinski definition) is 1. The van der Waals surface area contributed by atoms with Crippen molar-refractivity contribution in [1.29, 1.82) is 0 Å². The van der Waals surface area contributed by atoms with Crippen molar-refractivity contribution in [2.45, 2.75) is 45.7 Å². The Morgan fingerprint density at radius 3 is 2.76 bits per heavy atom. The van der Waals surface area contributed by atoms with E-state index < -0.39 is 18.0 Å². The number of nitrogens with zero attached hydrogens (tertiary/aromatic N) is 2. The van der Waals surface area contributed by atoms with Crippen molar-refractivity contribution in [2.75, 3.05) is 11.9 Å². The van der Waals surface area contributed by atoms with Crippen molar-refractivity contribution in [1.82, 2.24) is 9.78 Å². The molecule has 3 rings (SSSR count). The van der Waals surface area contributed by atoms with Gasteiger partial charge in [-0.3, -0.25) is 4.79 Å². The maximum absolute atomic E-state index is 12.8. The van der Waals surface area contributed by atoms with Gasteiger partial charge in [0.05, 0.1) is 17.1 Å². The summed E-state index contributed by atoms with van der Waals surface area (Å²) in [6.07, 6.45) is -0.784. The zero-order valence-corrected chi connectivity index (χ0v) is 16.2. The second-order valence-corrected chi connectivity index (χ2v) is 6.77. The normalized spacial score (nSPS) is 17.1. The van der Waals surface area contributed by atoms with Gasteiger partial charge in [0.1, 0.15) is 5.75 Å². The van der Waals surface area contributed by atoms with Crippen LogP contribution in [0.3, 0.4) is 0 Å². The number of benzene rings is 1. The number of carbonyl (C=O) groups excluding carboxylic acids is 1. The third-order valence-electron chi connectivity index (χ3n) is 4.71. The summed E-state index contributed by atoms with van der Waals surface area (Å²) in [6.45, 7) is 7.85. The number of aromatic nitrogens is 2. The average molecular weight is 409 g/mol. The molecule has 1 aromatic heterocycles. The van der Waals surface area contributed by atoms with Crippen LogP contribution in [-0.2, 0) is 4.74 Å². The fourth-order valence-corrected chi connectivity index (χ4v) is 3.34. The van der Waals surface area contributed by atoms with Gasteiger partial charge in [0.25, 0.3) is 5.91 Å². The molecule has 1 saturated heterocycles. The first-order valence-corrected chi connectivity index (χ1v) is 9.20. The van der Waals surface area contributed by atoms with E-state index >= 15 is 0 Å². The lowest BCUT2D eigenvalue weighted by Gasteiger charge is -2.24. The summed E-state index contributed by atoms with van der Waals surface area (Å²) in [7, 11) is 0. The van der Waals surface area contributed by atoms with Crippen molar-refractivity contribution in [3.63, 3.8) is 0 Å². The second kappa shape index (κ2) is 8.28. The molecule has 0 radical (unpaired) electrons. The molecule has 156 valence electrons. The third-order valence-corrected chi connectivity index (χ3v) is 4.71. The van der Waals surface area contributed by atoms with Gasteiger partial charge >= 0.3 is 6.36 Å². The van der Waals surface area contributed by atoms with Crippen LogP contribution in [0, 0.1) is 13.8 Å². The van der Waals surface area contributed by atoms with E-state index in [1.54, 1.807) is 11.6 Å². The first kappa shape index (κ1) is 20.9. The number of ether oxygens (including phenoxy) is 2. The largest absolute Gasteiger partial charge is 0.573 e. The predicted octanol–water partition coefficient (Wildman–Crippen LogP) is 4.99. The number of nitrogens with one attached hydrogen (secondary N) is 1. The highest BCUT2D eigenvalue weighted by atomic mass is 19.4. The number of halogens is 3. The van der Waals surface area contributed by atoms with Crippen molar-refractivity contribution < 1.29 is 27.4 Å². The summed E-state index contributed by atoms with van der Waals surface area (Å²) in [5, 5.41) is 7.30. The number of anilines is 1. The van der Waals surface area contributed by atoms with Crippen LogP contribution in [0.25, 0.3) is 6.08 Å². The van der Waals surface area contributed by atoms with E-state index in [-0.39, 0.29) is 17.4 Å². The number of aryl methyl sites for hydroxylation is 1. The Balaban J connectivity index is 1.83. The molecule has 1 amide bonds. The predicted molar refractivity (Wildman–Crippen MR) is 102 cm³/mol. The van der Waals surface area contributed by atoms with E-state index in [9.17, 15) is 18.0 Å². The average Bonchev–Trinajstić information content (AvgIpc) is 2.95. The lowest BCUT2D eigenvalue weighted by atomic mass is 10.1. The molecule has 6 nitrogen and oxygen atoms in total. The molecular formula is C20H22F3N3O3. The van der Waals surface area contributed by atoms with Crippen LogP contribution in [0.5, 0.6) is 5.75 Å². The molecule has 9 heteroatoms. The van der Waals surface area contributed by atoms with E-state index in [4.69, 9.17) is 4.74 Å². The monoisotopic (exact) mass is 409 g/mol. The first-order chi connectivity index (χ1) is 13.7. The molecule has 0 aliphatic carbocycles. The van der Waals surface area contributed by atoms with Crippen molar-refractivity contribution >= 4 is 17.7 Å².